The van der Waals surface area contributed by atoms with E-state index in [0.29, 0.717) is 5.88 Å². The van der Waals surface area contributed by atoms with Crippen LogP contribution in [0.25, 0.3) is 0 Å². The minimum absolute atomic E-state index is 0.133. The number of aliphatic hydroxyl groups excluding tert-OH is 1. The Morgan fingerprint density at radius 3 is 2.95 bits per heavy atom. The number of ether oxygens (including phenoxy) is 1. The summed E-state index contributed by atoms with van der Waals surface area (Å²) in [6.45, 7) is 2.76. The Kier molecular flexibility index (Phi) is 3.69. The zero-order valence-electron chi connectivity index (χ0n) is 12.6. The van der Waals surface area contributed by atoms with Gasteiger partial charge in [-0.15, -0.1) is 0 Å². The Balaban J connectivity index is 2.02. The molecule has 5 heteroatoms. The molecule has 21 heavy (non-hydrogen) atoms. The summed E-state index contributed by atoms with van der Waals surface area (Å²) in [5, 5.41) is 18.7. The number of aromatic nitrogens is 2. The molecule has 0 spiro atoms. The molecule has 1 aliphatic rings. The molecule has 0 aliphatic carbocycles. The normalized spacial score (nSPS) is 19.1. The van der Waals surface area contributed by atoms with E-state index < -0.39 is 6.10 Å². The molecule has 5 nitrogen and oxygen atoms in total. The number of benzene rings is 1. The number of hydrogen-bond acceptors (Lipinski definition) is 4. The van der Waals surface area contributed by atoms with Gasteiger partial charge in [0.25, 0.3) is 0 Å². The third-order valence-electron chi connectivity index (χ3n) is 4.17. The fourth-order valence-corrected chi connectivity index (χ4v) is 3.22. The highest BCUT2D eigenvalue weighted by Crippen LogP contribution is 2.38. The first-order chi connectivity index (χ1) is 10.1. The molecule has 0 saturated carbocycles. The van der Waals surface area contributed by atoms with Crippen molar-refractivity contribution >= 4 is 0 Å². The van der Waals surface area contributed by atoms with Gasteiger partial charge in [0.1, 0.15) is 6.10 Å². The lowest BCUT2D eigenvalue weighted by molar-refractivity contribution is 0.121. The third kappa shape index (κ3) is 2.32. The predicted molar refractivity (Wildman–Crippen MR) is 80.3 cm³/mol. The van der Waals surface area contributed by atoms with Crippen LogP contribution in [-0.2, 0) is 13.5 Å². The van der Waals surface area contributed by atoms with Crippen molar-refractivity contribution in [2.75, 3.05) is 13.7 Å². The van der Waals surface area contributed by atoms with Crippen LogP contribution in [0.3, 0.4) is 0 Å². The highest BCUT2D eigenvalue weighted by atomic mass is 16.5. The van der Waals surface area contributed by atoms with Gasteiger partial charge in [-0.25, -0.2) is 4.68 Å². The van der Waals surface area contributed by atoms with Gasteiger partial charge < -0.3 is 15.2 Å². The molecular formula is C16H21N3O2. The summed E-state index contributed by atoms with van der Waals surface area (Å²) in [5.74, 6) is 0.616. The van der Waals surface area contributed by atoms with Crippen molar-refractivity contribution in [2.45, 2.75) is 25.5 Å². The van der Waals surface area contributed by atoms with Crippen molar-refractivity contribution in [3.8, 4) is 5.88 Å². The van der Waals surface area contributed by atoms with E-state index in [0.717, 1.165) is 29.8 Å². The van der Waals surface area contributed by atoms with Crippen LogP contribution in [0, 0.1) is 6.92 Å². The average Bonchev–Trinajstić information content (AvgIpc) is 2.79. The lowest BCUT2D eigenvalue weighted by Crippen LogP contribution is -2.34. The summed E-state index contributed by atoms with van der Waals surface area (Å²) >= 11 is 0. The molecule has 112 valence electrons. The molecule has 1 aromatic carbocycles. The van der Waals surface area contributed by atoms with E-state index in [1.807, 2.05) is 26.1 Å². The second-order valence-corrected chi connectivity index (χ2v) is 5.46. The molecule has 2 heterocycles. The Morgan fingerprint density at radius 2 is 2.19 bits per heavy atom. The number of aliphatic hydroxyl groups is 1. The number of rotatable bonds is 3. The maximum Gasteiger partial charge on any atom is 0.217 e. The van der Waals surface area contributed by atoms with Gasteiger partial charge in [-0.3, -0.25) is 0 Å². The van der Waals surface area contributed by atoms with Crippen molar-refractivity contribution < 1.29 is 9.84 Å². The van der Waals surface area contributed by atoms with Crippen LogP contribution in [-0.4, -0.2) is 28.5 Å². The molecule has 0 fully saturated rings. The average molecular weight is 287 g/mol. The number of fused-ring (bicyclic) bond motifs is 1. The Labute approximate surface area is 124 Å². The standard InChI is InChI=1S/C16H21N3O2/c1-10-13(16(21-3)19(2)18-10)15(20)14-12-7-5-4-6-11(12)8-9-17-14/h4-7,14-15,17,20H,8-9H2,1-3H3. The van der Waals surface area contributed by atoms with Crippen molar-refractivity contribution in [1.29, 1.82) is 0 Å². The van der Waals surface area contributed by atoms with Crippen LogP contribution >= 0.6 is 0 Å². The van der Waals surface area contributed by atoms with Crippen LogP contribution in [0.15, 0.2) is 24.3 Å². The number of nitrogens with one attached hydrogen (secondary N) is 1. The van der Waals surface area contributed by atoms with E-state index >= 15 is 0 Å². The van der Waals surface area contributed by atoms with Crippen LogP contribution in [0.4, 0.5) is 0 Å². The molecule has 2 unspecified atom stereocenters. The quantitative estimate of drug-likeness (QED) is 0.901. The summed E-state index contributed by atoms with van der Waals surface area (Å²) < 4.78 is 7.08. The second kappa shape index (κ2) is 5.50. The van der Waals surface area contributed by atoms with Crippen molar-refractivity contribution in [2.24, 2.45) is 7.05 Å². The lowest BCUT2D eigenvalue weighted by Gasteiger charge is -2.30. The molecule has 0 bridgehead atoms. The van der Waals surface area contributed by atoms with E-state index in [9.17, 15) is 5.11 Å². The topological polar surface area (TPSA) is 59.3 Å². The van der Waals surface area contributed by atoms with Crippen LogP contribution in [0.5, 0.6) is 5.88 Å². The Hall–Kier alpha value is -1.85. The largest absolute Gasteiger partial charge is 0.481 e. The van der Waals surface area contributed by atoms with Gasteiger partial charge in [0.15, 0.2) is 0 Å². The SMILES string of the molecule is COc1c(C(O)C2NCCc3ccccc32)c(C)nn1C. The van der Waals surface area contributed by atoms with E-state index in [4.69, 9.17) is 4.74 Å². The molecule has 2 aromatic rings. The van der Waals surface area contributed by atoms with E-state index in [1.165, 1.54) is 5.56 Å². The maximum atomic E-state index is 10.9. The minimum Gasteiger partial charge on any atom is -0.481 e. The Morgan fingerprint density at radius 1 is 1.43 bits per heavy atom. The van der Waals surface area contributed by atoms with Gasteiger partial charge in [0.05, 0.1) is 24.4 Å². The van der Waals surface area contributed by atoms with Gasteiger partial charge in [-0.2, -0.15) is 5.10 Å². The van der Waals surface area contributed by atoms with Crippen molar-refractivity contribution in [3.63, 3.8) is 0 Å². The zero-order chi connectivity index (χ0) is 15.0. The minimum atomic E-state index is -0.685. The number of methoxy groups -OCH3 is 1. The Bertz CT molecular complexity index is 651. The summed E-state index contributed by atoms with van der Waals surface area (Å²) in [6, 6.07) is 8.13. The molecule has 2 atom stereocenters. The van der Waals surface area contributed by atoms with Gasteiger partial charge in [0, 0.05) is 7.05 Å². The summed E-state index contributed by atoms with van der Waals surface area (Å²) in [5.41, 5.74) is 4.00. The molecular weight excluding hydrogens is 266 g/mol. The van der Waals surface area contributed by atoms with Crippen LogP contribution < -0.4 is 10.1 Å². The number of aryl methyl sites for hydroxylation is 2. The first-order valence-corrected chi connectivity index (χ1v) is 7.20. The zero-order valence-corrected chi connectivity index (χ0v) is 12.6. The smallest absolute Gasteiger partial charge is 0.217 e. The predicted octanol–water partition coefficient (Wildman–Crippen LogP) is 1.66. The van der Waals surface area contributed by atoms with Crippen molar-refractivity contribution in [3.05, 3.63) is 46.6 Å². The third-order valence-corrected chi connectivity index (χ3v) is 4.17. The first kappa shape index (κ1) is 14.1. The lowest BCUT2D eigenvalue weighted by atomic mass is 9.88. The summed E-state index contributed by atoms with van der Waals surface area (Å²) in [4.78, 5) is 0. The highest BCUT2D eigenvalue weighted by Gasteiger charge is 2.32. The molecule has 0 radical (unpaired) electrons. The van der Waals surface area contributed by atoms with E-state index in [-0.39, 0.29) is 6.04 Å². The maximum absolute atomic E-state index is 10.9. The number of hydrogen-bond donors (Lipinski definition) is 2. The second-order valence-electron chi connectivity index (χ2n) is 5.46. The number of nitrogens with zero attached hydrogens (tertiary/aromatic N) is 2. The molecule has 2 N–H and O–H groups in total. The summed E-state index contributed by atoms with van der Waals surface area (Å²) in [7, 11) is 3.43. The molecule has 1 aromatic heterocycles. The van der Waals surface area contributed by atoms with E-state index in [2.05, 4.69) is 22.5 Å². The molecule has 0 amide bonds. The fraction of sp³-hybridized carbons (Fsp3) is 0.438. The first-order valence-electron chi connectivity index (χ1n) is 7.20. The van der Waals surface area contributed by atoms with Crippen LogP contribution in [0.2, 0.25) is 0 Å². The summed E-state index contributed by atoms with van der Waals surface area (Å²) in [6.07, 6.45) is 0.304. The van der Waals surface area contributed by atoms with Crippen LogP contribution in [0.1, 0.15) is 34.5 Å². The highest BCUT2D eigenvalue weighted by molar-refractivity contribution is 5.39. The van der Waals surface area contributed by atoms with Crippen molar-refractivity contribution in [1.82, 2.24) is 15.1 Å². The van der Waals surface area contributed by atoms with Gasteiger partial charge in [-0.05, 0) is 31.0 Å². The van der Waals surface area contributed by atoms with Gasteiger partial charge in [-0.1, -0.05) is 24.3 Å². The molecule has 3 rings (SSSR count). The van der Waals surface area contributed by atoms with Gasteiger partial charge in [0.2, 0.25) is 5.88 Å². The monoisotopic (exact) mass is 287 g/mol. The van der Waals surface area contributed by atoms with E-state index in [1.54, 1.807) is 11.8 Å². The molecule has 0 saturated heterocycles. The molecule has 1 aliphatic heterocycles. The fourth-order valence-electron chi connectivity index (χ4n) is 3.22. The van der Waals surface area contributed by atoms with Gasteiger partial charge >= 0.3 is 0 Å².